The van der Waals surface area contributed by atoms with E-state index in [-0.39, 0.29) is 6.09 Å². The van der Waals surface area contributed by atoms with Crippen LogP contribution in [0.2, 0.25) is 0 Å². The van der Waals surface area contributed by atoms with Gasteiger partial charge in [0.15, 0.2) is 0 Å². The number of carbonyl (C=O) groups excluding carboxylic acids is 2. The number of methoxy groups -OCH3 is 1. The van der Waals surface area contributed by atoms with Crippen molar-refractivity contribution < 1.29 is 19.1 Å². The lowest BCUT2D eigenvalue weighted by molar-refractivity contribution is 0.00631. The Balaban J connectivity index is 2.13. The van der Waals surface area contributed by atoms with Gasteiger partial charge in [-0.3, -0.25) is 4.68 Å². The van der Waals surface area contributed by atoms with Gasteiger partial charge in [-0.2, -0.15) is 5.10 Å². The first kappa shape index (κ1) is 15.3. The molecule has 7 heteroatoms. The maximum atomic E-state index is 12.2. The van der Waals surface area contributed by atoms with Gasteiger partial charge in [-0.15, -0.1) is 0 Å². The maximum Gasteiger partial charge on any atom is 0.410 e. The van der Waals surface area contributed by atoms with Crippen LogP contribution in [0.15, 0.2) is 6.20 Å². The van der Waals surface area contributed by atoms with Crippen molar-refractivity contribution in [3.8, 4) is 0 Å². The number of hydrogen-bond donors (Lipinski definition) is 0. The van der Waals surface area contributed by atoms with E-state index in [1.807, 2.05) is 20.8 Å². The zero-order valence-corrected chi connectivity index (χ0v) is 12.9. The Morgan fingerprint density at radius 3 is 2.71 bits per heavy atom. The summed E-state index contributed by atoms with van der Waals surface area (Å²) in [6.07, 6.45) is 1.84. The summed E-state index contributed by atoms with van der Waals surface area (Å²) in [4.78, 5) is 25.5. The Bertz CT molecular complexity index is 550. The smallest absolute Gasteiger partial charge is 0.410 e. The van der Waals surface area contributed by atoms with Crippen LogP contribution in [0, 0.1) is 0 Å². The molecule has 0 aliphatic carbocycles. The molecule has 116 valence electrons. The zero-order chi connectivity index (χ0) is 15.6. The minimum Gasteiger partial charge on any atom is -0.465 e. The second-order valence-electron chi connectivity index (χ2n) is 5.62. The largest absolute Gasteiger partial charge is 0.465 e. The quantitative estimate of drug-likeness (QED) is 0.795. The molecule has 0 fully saturated rings. The molecular formula is C14H21N3O4. The van der Waals surface area contributed by atoms with Crippen molar-refractivity contribution in [3.05, 3.63) is 17.5 Å². The SMILES string of the molecule is CCC(C)(C)OC(=O)N1CCn2ncc(C(=O)OC)c2C1. The summed E-state index contributed by atoms with van der Waals surface area (Å²) in [5.74, 6) is -0.444. The second-order valence-corrected chi connectivity index (χ2v) is 5.62. The van der Waals surface area contributed by atoms with E-state index >= 15 is 0 Å². The molecule has 0 unspecified atom stereocenters. The lowest BCUT2D eigenvalue weighted by atomic mass is 10.1. The number of esters is 1. The molecule has 0 aromatic carbocycles. The number of rotatable bonds is 3. The van der Waals surface area contributed by atoms with Crippen molar-refractivity contribution in [3.63, 3.8) is 0 Å². The van der Waals surface area contributed by atoms with Gasteiger partial charge in [0, 0.05) is 6.54 Å². The molecule has 0 saturated heterocycles. The monoisotopic (exact) mass is 295 g/mol. The van der Waals surface area contributed by atoms with E-state index in [9.17, 15) is 9.59 Å². The van der Waals surface area contributed by atoms with E-state index in [0.29, 0.717) is 30.9 Å². The molecular weight excluding hydrogens is 274 g/mol. The van der Waals surface area contributed by atoms with Crippen molar-refractivity contribution in [2.75, 3.05) is 13.7 Å². The van der Waals surface area contributed by atoms with Gasteiger partial charge in [0.1, 0.15) is 11.2 Å². The molecule has 1 aromatic rings. The van der Waals surface area contributed by atoms with E-state index in [0.717, 1.165) is 6.42 Å². The number of nitrogens with zero attached hydrogens (tertiary/aromatic N) is 3. The van der Waals surface area contributed by atoms with Crippen molar-refractivity contribution in [2.45, 2.75) is 45.9 Å². The normalized spacial score (nSPS) is 14.6. The highest BCUT2D eigenvalue weighted by Crippen LogP contribution is 2.21. The van der Waals surface area contributed by atoms with Gasteiger partial charge in [0.25, 0.3) is 0 Å². The first-order valence-corrected chi connectivity index (χ1v) is 6.99. The summed E-state index contributed by atoms with van der Waals surface area (Å²) in [5.41, 5.74) is 0.573. The molecule has 2 heterocycles. The Kier molecular flexibility index (Phi) is 4.20. The van der Waals surface area contributed by atoms with Gasteiger partial charge < -0.3 is 14.4 Å². The number of aromatic nitrogens is 2. The number of amides is 1. The van der Waals surface area contributed by atoms with E-state index in [4.69, 9.17) is 9.47 Å². The Morgan fingerprint density at radius 2 is 2.10 bits per heavy atom. The van der Waals surface area contributed by atoms with E-state index < -0.39 is 11.6 Å². The van der Waals surface area contributed by atoms with Crippen LogP contribution in [0.3, 0.4) is 0 Å². The molecule has 0 saturated carbocycles. The highest BCUT2D eigenvalue weighted by Gasteiger charge is 2.30. The number of hydrogen-bond acceptors (Lipinski definition) is 5. The molecule has 1 amide bonds. The van der Waals surface area contributed by atoms with Crippen molar-refractivity contribution in [1.29, 1.82) is 0 Å². The molecule has 7 nitrogen and oxygen atoms in total. The van der Waals surface area contributed by atoms with Crippen LogP contribution in [-0.4, -0.2) is 46.0 Å². The van der Waals surface area contributed by atoms with Crippen molar-refractivity contribution >= 4 is 12.1 Å². The van der Waals surface area contributed by atoms with Gasteiger partial charge in [-0.1, -0.05) is 6.92 Å². The lowest BCUT2D eigenvalue weighted by Crippen LogP contribution is -2.42. The molecule has 0 atom stereocenters. The summed E-state index contributed by atoms with van der Waals surface area (Å²) in [5, 5.41) is 4.15. The Morgan fingerprint density at radius 1 is 1.38 bits per heavy atom. The van der Waals surface area contributed by atoms with Crippen LogP contribution in [0.5, 0.6) is 0 Å². The van der Waals surface area contributed by atoms with E-state index in [1.165, 1.54) is 13.3 Å². The van der Waals surface area contributed by atoms with E-state index in [2.05, 4.69) is 5.10 Å². The third-order valence-corrected chi connectivity index (χ3v) is 3.75. The van der Waals surface area contributed by atoms with Gasteiger partial charge in [-0.25, -0.2) is 9.59 Å². The van der Waals surface area contributed by atoms with E-state index in [1.54, 1.807) is 9.58 Å². The first-order valence-electron chi connectivity index (χ1n) is 6.99. The predicted molar refractivity (Wildman–Crippen MR) is 74.8 cm³/mol. The molecule has 1 aliphatic heterocycles. The summed E-state index contributed by atoms with van der Waals surface area (Å²) in [6.45, 7) is 7.05. The Hall–Kier alpha value is -2.05. The van der Waals surface area contributed by atoms with Crippen molar-refractivity contribution in [2.24, 2.45) is 0 Å². The second kappa shape index (κ2) is 5.75. The topological polar surface area (TPSA) is 73.7 Å². The fraction of sp³-hybridized carbons (Fsp3) is 0.643. The minimum atomic E-state index is -0.500. The van der Waals surface area contributed by atoms with Crippen LogP contribution >= 0.6 is 0 Å². The summed E-state index contributed by atoms with van der Waals surface area (Å²) in [6, 6.07) is 0. The highest BCUT2D eigenvalue weighted by atomic mass is 16.6. The standard InChI is InChI=1S/C14H21N3O4/c1-5-14(2,3)21-13(19)16-6-7-17-11(9-16)10(8-15-17)12(18)20-4/h8H,5-7,9H2,1-4H3. The predicted octanol–water partition coefficient (Wildman–Crippen LogP) is 1.81. The van der Waals surface area contributed by atoms with Crippen molar-refractivity contribution in [1.82, 2.24) is 14.7 Å². The average Bonchev–Trinajstić information content (AvgIpc) is 2.89. The van der Waals surface area contributed by atoms with Crippen LogP contribution < -0.4 is 0 Å². The first-order chi connectivity index (χ1) is 9.88. The molecule has 1 aliphatic rings. The summed E-state index contributed by atoms with van der Waals surface area (Å²) >= 11 is 0. The molecule has 0 N–H and O–H groups in total. The van der Waals surface area contributed by atoms with Crippen LogP contribution in [0.4, 0.5) is 4.79 Å². The third-order valence-electron chi connectivity index (χ3n) is 3.75. The average molecular weight is 295 g/mol. The van der Waals surface area contributed by atoms with Gasteiger partial charge in [0.05, 0.1) is 32.1 Å². The molecule has 1 aromatic heterocycles. The number of ether oxygens (including phenoxy) is 2. The fourth-order valence-electron chi connectivity index (χ4n) is 2.05. The van der Waals surface area contributed by atoms with Gasteiger partial charge in [-0.05, 0) is 20.3 Å². The fourth-order valence-corrected chi connectivity index (χ4v) is 2.05. The number of fused-ring (bicyclic) bond motifs is 1. The summed E-state index contributed by atoms with van der Waals surface area (Å²) < 4.78 is 11.9. The molecule has 0 spiro atoms. The van der Waals surface area contributed by atoms with Crippen LogP contribution in [0.1, 0.15) is 43.2 Å². The van der Waals surface area contributed by atoms with Crippen LogP contribution in [0.25, 0.3) is 0 Å². The molecule has 21 heavy (non-hydrogen) atoms. The Labute approximate surface area is 123 Å². The van der Waals surface area contributed by atoms with Gasteiger partial charge >= 0.3 is 12.1 Å². The lowest BCUT2D eigenvalue weighted by Gasteiger charge is -2.31. The number of carbonyl (C=O) groups is 2. The zero-order valence-electron chi connectivity index (χ0n) is 12.9. The third kappa shape index (κ3) is 3.17. The summed E-state index contributed by atoms with van der Waals surface area (Å²) in [7, 11) is 1.32. The molecule has 0 bridgehead atoms. The molecule has 0 radical (unpaired) electrons. The highest BCUT2D eigenvalue weighted by molar-refractivity contribution is 5.90. The van der Waals surface area contributed by atoms with Gasteiger partial charge in [0.2, 0.25) is 0 Å². The maximum absolute atomic E-state index is 12.2. The minimum absolute atomic E-state index is 0.295. The van der Waals surface area contributed by atoms with Crippen LogP contribution in [-0.2, 0) is 22.6 Å². The molecule has 2 rings (SSSR count).